The lowest BCUT2D eigenvalue weighted by Gasteiger charge is -2.37. The maximum absolute atomic E-state index is 12.6. The molecule has 0 radical (unpaired) electrons. The van der Waals surface area contributed by atoms with E-state index in [0.717, 1.165) is 53.2 Å². The number of hydrogen-bond donors (Lipinski definition) is 1. The molecule has 2 heterocycles. The van der Waals surface area contributed by atoms with Crippen LogP contribution >= 0.6 is 0 Å². The third-order valence-electron chi connectivity index (χ3n) is 6.98. The molecule has 194 valence electrons. The molecule has 0 aliphatic carbocycles. The standard InChI is InChI=1S/C29H30FNO5S/c1-19-26-12-7-23(32)15-27(26)36-29(28(19)21-5-10-25(11-6-21)37(2,33)34)22-3-8-24(9-4-22)35-14-13-31-17-20(16-30)18-31/h3-12,15,20,29,32H,13-14,16-18H2,1-2H3/t29-/m0/s1. The van der Waals surface area contributed by atoms with E-state index in [-0.39, 0.29) is 23.2 Å². The molecular formula is C29H30FNO5S. The fourth-order valence-corrected chi connectivity index (χ4v) is 5.55. The minimum absolute atomic E-state index is 0.120. The van der Waals surface area contributed by atoms with Crippen molar-refractivity contribution in [2.45, 2.75) is 17.9 Å². The Hall–Kier alpha value is -3.36. The van der Waals surface area contributed by atoms with Crippen molar-refractivity contribution in [3.05, 3.63) is 83.4 Å². The Balaban J connectivity index is 1.40. The molecule has 3 aromatic carbocycles. The molecule has 6 nitrogen and oxygen atoms in total. The number of likely N-dealkylation sites (tertiary alicyclic amines) is 1. The largest absolute Gasteiger partial charge is 0.508 e. The molecule has 0 amide bonds. The number of ether oxygens (including phenoxy) is 2. The highest BCUT2D eigenvalue weighted by Gasteiger charge is 2.30. The van der Waals surface area contributed by atoms with E-state index in [1.54, 1.807) is 36.4 Å². The van der Waals surface area contributed by atoms with Gasteiger partial charge >= 0.3 is 0 Å². The van der Waals surface area contributed by atoms with Crippen LogP contribution in [0, 0.1) is 5.92 Å². The molecule has 3 aromatic rings. The van der Waals surface area contributed by atoms with Crippen LogP contribution in [-0.2, 0) is 9.84 Å². The van der Waals surface area contributed by atoms with Crippen LogP contribution in [0.1, 0.15) is 29.7 Å². The number of nitrogens with zero attached hydrogens (tertiary/aromatic N) is 1. The van der Waals surface area contributed by atoms with Crippen molar-refractivity contribution in [2.24, 2.45) is 5.92 Å². The molecule has 37 heavy (non-hydrogen) atoms. The molecule has 0 unspecified atom stereocenters. The number of benzene rings is 3. The van der Waals surface area contributed by atoms with Crippen LogP contribution in [0.4, 0.5) is 4.39 Å². The van der Waals surface area contributed by atoms with Crippen LogP contribution in [-0.4, -0.2) is 57.6 Å². The second-order valence-corrected chi connectivity index (χ2v) is 11.7. The van der Waals surface area contributed by atoms with Gasteiger partial charge in [-0.25, -0.2) is 8.42 Å². The minimum atomic E-state index is -3.31. The number of phenols is 1. The summed E-state index contributed by atoms with van der Waals surface area (Å²) in [6, 6.07) is 19.6. The van der Waals surface area contributed by atoms with E-state index < -0.39 is 15.9 Å². The number of phenolic OH excluding ortho intramolecular Hbond substituents is 1. The van der Waals surface area contributed by atoms with Crippen molar-refractivity contribution < 1.29 is 27.4 Å². The van der Waals surface area contributed by atoms with Crippen LogP contribution in [0.15, 0.2) is 71.6 Å². The zero-order chi connectivity index (χ0) is 26.2. The molecule has 2 aliphatic rings. The minimum Gasteiger partial charge on any atom is -0.508 e. The fourth-order valence-electron chi connectivity index (χ4n) is 4.92. The fraction of sp³-hybridized carbons (Fsp3) is 0.310. The summed E-state index contributed by atoms with van der Waals surface area (Å²) >= 11 is 0. The van der Waals surface area contributed by atoms with Gasteiger partial charge in [-0.05, 0) is 60.0 Å². The van der Waals surface area contributed by atoms with Crippen LogP contribution in [0.5, 0.6) is 17.2 Å². The van der Waals surface area contributed by atoms with Crippen LogP contribution < -0.4 is 9.47 Å². The van der Waals surface area contributed by atoms with Gasteiger partial charge in [-0.2, -0.15) is 0 Å². The summed E-state index contributed by atoms with van der Waals surface area (Å²) in [5, 5.41) is 10.0. The number of alkyl halides is 1. The maximum atomic E-state index is 12.6. The SMILES string of the molecule is CC1=C(c2ccc(S(C)(=O)=O)cc2)[C@H](c2ccc(OCCN3CC(CF)C3)cc2)Oc2cc(O)ccc21. The summed E-state index contributed by atoms with van der Waals surface area (Å²) < 4.78 is 48.9. The predicted molar refractivity (Wildman–Crippen MR) is 141 cm³/mol. The molecule has 1 N–H and O–H groups in total. The Morgan fingerprint density at radius 3 is 2.41 bits per heavy atom. The van der Waals surface area contributed by atoms with E-state index >= 15 is 0 Å². The lowest BCUT2D eigenvalue weighted by atomic mass is 9.86. The van der Waals surface area contributed by atoms with Crippen molar-refractivity contribution in [3.8, 4) is 17.2 Å². The van der Waals surface area contributed by atoms with Crippen LogP contribution in [0.2, 0.25) is 0 Å². The summed E-state index contributed by atoms with van der Waals surface area (Å²) in [6.07, 6.45) is 0.724. The summed E-state index contributed by atoms with van der Waals surface area (Å²) in [5.41, 5.74) is 4.54. The molecule has 0 spiro atoms. The number of fused-ring (bicyclic) bond motifs is 1. The summed E-state index contributed by atoms with van der Waals surface area (Å²) in [4.78, 5) is 2.43. The average Bonchev–Trinajstić information content (AvgIpc) is 2.85. The highest BCUT2D eigenvalue weighted by atomic mass is 32.2. The lowest BCUT2D eigenvalue weighted by molar-refractivity contribution is 0.0668. The van der Waals surface area contributed by atoms with E-state index in [1.165, 1.54) is 6.26 Å². The molecular weight excluding hydrogens is 493 g/mol. The van der Waals surface area contributed by atoms with E-state index in [0.29, 0.717) is 12.4 Å². The van der Waals surface area contributed by atoms with E-state index in [1.807, 2.05) is 37.3 Å². The van der Waals surface area contributed by atoms with Crippen LogP contribution in [0.25, 0.3) is 11.1 Å². The Bertz CT molecular complexity index is 1410. The molecule has 2 aliphatic heterocycles. The highest BCUT2D eigenvalue weighted by Crippen LogP contribution is 2.47. The molecule has 0 aromatic heterocycles. The van der Waals surface area contributed by atoms with Gasteiger partial charge in [-0.15, -0.1) is 0 Å². The van der Waals surface area contributed by atoms with Gasteiger partial charge in [0.05, 0.1) is 11.6 Å². The molecule has 1 atom stereocenters. The van der Waals surface area contributed by atoms with Gasteiger partial charge < -0.3 is 14.6 Å². The normalized spacial score (nSPS) is 18.2. The third-order valence-corrected chi connectivity index (χ3v) is 8.11. The van der Waals surface area contributed by atoms with Gasteiger partial charge in [0.1, 0.15) is 30.0 Å². The molecule has 1 fully saturated rings. The zero-order valence-corrected chi connectivity index (χ0v) is 21.7. The van der Waals surface area contributed by atoms with Gasteiger partial charge in [-0.3, -0.25) is 9.29 Å². The first-order valence-corrected chi connectivity index (χ1v) is 14.1. The van der Waals surface area contributed by atoms with E-state index in [2.05, 4.69) is 4.90 Å². The summed E-state index contributed by atoms with van der Waals surface area (Å²) in [5.74, 6) is 1.60. The third kappa shape index (κ3) is 5.36. The predicted octanol–water partition coefficient (Wildman–Crippen LogP) is 5.14. The van der Waals surface area contributed by atoms with Gasteiger partial charge in [0.2, 0.25) is 0 Å². The number of hydrogen-bond acceptors (Lipinski definition) is 6. The molecule has 5 rings (SSSR count). The Labute approximate surface area is 216 Å². The molecule has 0 saturated carbocycles. The Morgan fingerprint density at radius 1 is 1.05 bits per heavy atom. The number of rotatable bonds is 8. The van der Waals surface area contributed by atoms with Gasteiger partial charge in [0.15, 0.2) is 9.84 Å². The van der Waals surface area contributed by atoms with Crippen molar-refractivity contribution in [1.29, 1.82) is 0 Å². The summed E-state index contributed by atoms with van der Waals surface area (Å²) in [7, 11) is -3.31. The van der Waals surface area contributed by atoms with E-state index in [4.69, 9.17) is 9.47 Å². The number of halogens is 1. The van der Waals surface area contributed by atoms with Crippen molar-refractivity contribution in [2.75, 3.05) is 39.2 Å². The maximum Gasteiger partial charge on any atom is 0.175 e. The van der Waals surface area contributed by atoms with Crippen molar-refractivity contribution in [1.82, 2.24) is 4.90 Å². The van der Waals surface area contributed by atoms with Gasteiger partial charge in [0, 0.05) is 49.0 Å². The highest BCUT2D eigenvalue weighted by molar-refractivity contribution is 7.90. The Morgan fingerprint density at radius 2 is 1.76 bits per heavy atom. The first kappa shape index (κ1) is 25.3. The second kappa shape index (κ2) is 10.2. The average molecular weight is 524 g/mol. The monoisotopic (exact) mass is 523 g/mol. The topological polar surface area (TPSA) is 76.1 Å². The number of sulfone groups is 1. The van der Waals surface area contributed by atoms with Gasteiger partial charge in [-0.1, -0.05) is 24.3 Å². The Kier molecular flexibility index (Phi) is 6.96. The second-order valence-electron chi connectivity index (χ2n) is 9.71. The molecule has 8 heteroatoms. The molecule has 0 bridgehead atoms. The van der Waals surface area contributed by atoms with Crippen molar-refractivity contribution in [3.63, 3.8) is 0 Å². The smallest absolute Gasteiger partial charge is 0.175 e. The first-order chi connectivity index (χ1) is 17.7. The zero-order valence-electron chi connectivity index (χ0n) is 20.9. The van der Waals surface area contributed by atoms with Crippen molar-refractivity contribution >= 4 is 21.0 Å². The summed E-state index contributed by atoms with van der Waals surface area (Å²) in [6.45, 7) is 4.61. The van der Waals surface area contributed by atoms with Crippen LogP contribution in [0.3, 0.4) is 0 Å². The van der Waals surface area contributed by atoms with Gasteiger partial charge in [0.25, 0.3) is 0 Å². The van der Waals surface area contributed by atoms with E-state index in [9.17, 15) is 17.9 Å². The lowest BCUT2D eigenvalue weighted by Crippen LogP contribution is -2.49. The quantitative estimate of drug-likeness (QED) is 0.441. The first-order valence-electron chi connectivity index (χ1n) is 12.3. The molecule has 1 saturated heterocycles. The number of allylic oxidation sites excluding steroid dienone is 1. The number of aromatic hydroxyl groups is 1.